The SMILES string of the molecule is Cc1c(CCN(C)C(=O)c2ccc(Cn3ccccc3=O)cc2)ncn(Cc2ccc(C(=O)N(C)C)cc2)c1=O. The van der Waals surface area contributed by atoms with Crippen LogP contribution in [-0.4, -0.2) is 63.4 Å². The van der Waals surface area contributed by atoms with Crippen LogP contribution in [0, 0.1) is 6.92 Å². The lowest BCUT2D eigenvalue weighted by Gasteiger charge is -2.18. The summed E-state index contributed by atoms with van der Waals surface area (Å²) in [6.45, 7) is 2.93. The van der Waals surface area contributed by atoms with Gasteiger partial charge in [0, 0.05) is 63.1 Å². The molecule has 40 heavy (non-hydrogen) atoms. The van der Waals surface area contributed by atoms with E-state index in [1.165, 1.54) is 17.3 Å². The van der Waals surface area contributed by atoms with E-state index in [9.17, 15) is 19.2 Å². The summed E-state index contributed by atoms with van der Waals surface area (Å²) < 4.78 is 3.15. The summed E-state index contributed by atoms with van der Waals surface area (Å²) in [6, 6.07) is 19.4. The second-order valence-electron chi connectivity index (χ2n) is 9.99. The van der Waals surface area contributed by atoms with E-state index in [-0.39, 0.29) is 22.9 Å². The lowest BCUT2D eigenvalue weighted by molar-refractivity contribution is 0.0794. The van der Waals surface area contributed by atoms with Gasteiger partial charge in [-0.15, -0.1) is 0 Å². The van der Waals surface area contributed by atoms with E-state index in [0.29, 0.717) is 48.4 Å². The molecule has 0 saturated carbocycles. The van der Waals surface area contributed by atoms with Crippen LogP contribution in [-0.2, 0) is 19.5 Å². The van der Waals surface area contributed by atoms with Crippen molar-refractivity contribution in [2.75, 3.05) is 27.7 Å². The monoisotopic (exact) mass is 539 g/mol. The van der Waals surface area contributed by atoms with Crippen molar-refractivity contribution < 1.29 is 9.59 Å². The molecular weight excluding hydrogens is 506 g/mol. The molecule has 0 fully saturated rings. The van der Waals surface area contributed by atoms with Crippen molar-refractivity contribution in [2.45, 2.75) is 26.4 Å². The Labute approximate surface area is 232 Å². The zero-order valence-electron chi connectivity index (χ0n) is 23.2. The van der Waals surface area contributed by atoms with Gasteiger partial charge in [0.2, 0.25) is 0 Å². The first kappa shape index (κ1) is 28.2. The third kappa shape index (κ3) is 6.61. The van der Waals surface area contributed by atoms with Gasteiger partial charge in [0.15, 0.2) is 0 Å². The molecule has 2 aromatic carbocycles. The molecule has 0 saturated heterocycles. The summed E-state index contributed by atoms with van der Waals surface area (Å²) in [5.74, 6) is -0.210. The van der Waals surface area contributed by atoms with Crippen molar-refractivity contribution in [2.24, 2.45) is 0 Å². The van der Waals surface area contributed by atoms with Gasteiger partial charge < -0.3 is 14.4 Å². The average Bonchev–Trinajstić information content (AvgIpc) is 2.96. The fraction of sp³-hybridized carbons (Fsp3) is 0.258. The smallest absolute Gasteiger partial charge is 0.256 e. The van der Waals surface area contributed by atoms with Crippen LogP contribution in [0.15, 0.2) is 88.8 Å². The molecule has 0 aliphatic carbocycles. The predicted octanol–water partition coefficient (Wildman–Crippen LogP) is 2.83. The molecule has 0 bridgehead atoms. The number of aromatic nitrogens is 3. The molecule has 2 amide bonds. The molecule has 0 aliphatic rings. The van der Waals surface area contributed by atoms with Gasteiger partial charge in [0.25, 0.3) is 22.9 Å². The number of hydrogen-bond donors (Lipinski definition) is 0. The molecular formula is C31H33N5O4. The minimum absolute atomic E-state index is 0.0767. The maximum absolute atomic E-state index is 13.0. The van der Waals surface area contributed by atoms with E-state index in [2.05, 4.69) is 4.98 Å². The Morgan fingerprint density at radius 1 is 0.775 bits per heavy atom. The molecule has 0 radical (unpaired) electrons. The topological polar surface area (TPSA) is 97.5 Å². The number of hydrogen-bond acceptors (Lipinski definition) is 5. The second kappa shape index (κ2) is 12.4. The summed E-state index contributed by atoms with van der Waals surface area (Å²) >= 11 is 0. The Morgan fingerprint density at radius 2 is 1.35 bits per heavy atom. The molecule has 2 heterocycles. The molecule has 4 aromatic rings. The van der Waals surface area contributed by atoms with Crippen LogP contribution in [0.25, 0.3) is 0 Å². The van der Waals surface area contributed by atoms with Crippen molar-refractivity contribution in [1.82, 2.24) is 23.9 Å². The van der Waals surface area contributed by atoms with Gasteiger partial charge in [-0.3, -0.25) is 23.7 Å². The number of benzene rings is 2. The fourth-order valence-electron chi connectivity index (χ4n) is 4.34. The molecule has 206 valence electrons. The molecule has 0 atom stereocenters. The molecule has 4 rings (SSSR count). The lowest BCUT2D eigenvalue weighted by Crippen LogP contribution is -2.30. The van der Waals surface area contributed by atoms with E-state index in [4.69, 9.17) is 0 Å². The minimum Gasteiger partial charge on any atom is -0.345 e. The van der Waals surface area contributed by atoms with Crippen LogP contribution in [0.3, 0.4) is 0 Å². The zero-order chi connectivity index (χ0) is 28.8. The molecule has 9 nitrogen and oxygen atoms in total. The zero-order valence-corrected chi connectivity index (χ0v) is 23.2. The molecule has 0 spiro atoms. The van der Waals surface area contributed by atoms with Gasteiger partial charge in [0.05, 0.1) is 25.1 Å². The first-order chi connectivity index (χ1) is 19.1. The third-order valence-corrected chi connectivity index (χ3v) is 6.81. The van der Waals surface area contributed by atoms with E-state index >= 15 is 0 Å². The first-order valence-electron chi connectivity index (χ1n) is 13.0. The number of amides is 2. The van der Waals surface area contributed by atoms with Crippen LogP contribution < -0.4 is 11.1 Å². The van der Waals surface area contributed by atoms with Gasteiger partial charge >= 0.3 is 0 Å². The summed E-state index contributed by atoms with van der Waals surface area (Å²) in [6.07, 6.45) is 3.71. The van der Waals surface area contributed by atoms with Gasteiger partial charge in [0.1, 0.15) is 0 Å². The van der Waals surface area contributed by atoms with Crippen molar-refractivity contribution in [1.29, 1.82) is 0 Å². The Kier molecular flexibility index (Phi) is 8.73. The van der Waals surface area contributed by atoms with Crippen LogP contribution in [0.2, 0.25) is 0 Å². The van der Waals surface area contributed by atoms with Crippen LogP contribution in [0.4, 0.5) is 0 Å². The Morgan fingerprint density at radius 3 is 1.93 bits per heavy atom. The summed E-state index contributed by atoms with van der Waals surface area (Å²) in [5.41, 5.74) is 3.92. The maximum atomic E-state index is 13.0. The van der Waals surface area contributed by atoms with Crippen molar-refractivity contribution in [3.05, 3.63) is 133 Å². The van der Waals surface area contributed by atoms with Gasteiger partial charge in [-0.1, -0.05) is 30.3 Å². The van der Waals surface area contributed by atoms with Crippen molar-refractivity contribution in [3.8, 4) is 0 Å². The summed E-state index contributed by atoms with van der Waals surface area (Å²) in [5, 5.41) is 0. The highest BCUT2D eigenvalue weighted by Crippen LogP contribution is 2.11. The van der Waals surface area contributed by atoms with E-state index in [0.717, 1.165) is 11.1 Å². The van der Waals surface area contributed by atoms with Gasteiger partial charge in [-0.05, 0) is 48.4 Å². The third-order valence-electron chi connectivity index (χ3n) is 6.81. The Balaban J connectivity index is 1.36. The number of likely N-dealkylation sites (N-methyl/N-ethyl adjacent to an activating group) is 1. The molecule has 9 heteroatoms. The van der Waals surface area contributed by atoms with Gasteiger partial charge in [-0.25, -0.2) is 4.98 Å². The highest BCUT2D eigenvalue weighted by atomic mass is 16.2. The second-order valence-corrected chi connectivity index (χ2v) is 9.99. The predicted molar refractivity (Wildman–Crippen MR) is 154 cm³/mol. The number of rotatable bonds is 9. The highest BCUT2D eigenvalue weighted by Gasteiger charge is 2.15. The minimum atomic E-state index is -0.138. The Bertz CT molecular complexity index is 1620. The molecule has 0 unspecified atom stereocenters. The average molecular weight is 540 g/mol. The van der Waals surface area contributed by atoms with Crippen LogP contribution in [0.1, 0.15) is 43.1 Å². The quantitative estimate of drug-likeness (QED) is 0.326. The first-order valence-corrected chi connectivity index (χ1v) is 13.0. The summed E-state index contributed by atoms with van der Waals surface area (Å²) in [7, 11) is 5.13. The van der Waals surface area contributed by atoms with E-state index in [1.807, 2.05) is 30.3 Å². The largest absolute Gasteiger partial charge is 0.345 e. The van der Waals surface area contributed by atoms with E-state index in [1.54, 1.807) is 78.6 Å². The number of nitrogens with zero attached hydrogens (tertiary/aromatic N) is 5. The highest BCUT2D eigenvalue weighted by molar-refractivity contribution is 5.94. The fourth-order valence-corrected chi connectivity index (χ4v) is 4.34. The van der Waals surface area contributed by atoms with Crippen molar-refractivity contribution >= 4 is 11.8 Å². The summed E-state index contributed by atoms with van der Waals surface area (Å²) in [4.78, 5) is 57.6. The van der Waals surface area contributed by atoms with Crippen LogP contribution in [0.5, 0.6) is 0 Å². The van der Waals surface area contributed by atoms with E-state index < -0.39 is 0 Å². The number of carbonyl (C=O) groups excluding carboxylic acids is 2. The lowest BCUT2D eigenvalue weighted by atomic mass is 10.1. The molecule has 0 aliphatic heterocycles. The Hall–Kier alpha value is -4.79. The van der Waals surface area contributed by atoms with Crippen molar-refractivity contribution in [3.63, 3.8) is 0 Å². The van der Waals surface area contributed by atoms with Crippen LogP contribution >= 0.6 is 0 Å². The van der Waals surface area contributed by atoms with Gasteiger partial charge in [-0.2, -0.15) is 0 Å². The molecule has 0 N–H and O–H groups in total. The normalized spacial score (nSPS) is 10.8. The number of pyridine rings is 1. The standard InChI is InChI=1S/C31H33N5O4/c1-22-27(32-21-36(29(22)38)20-24-8-12-25(13-9-24)30(39)33(2)3)16-18-34(4)31(40)26-14-10-23(11-15-26)19-35-17-6-5-7-28(35)37/h5-15,17,21H,16,18-20H2,1-4H3. The number of carbonyl (C=O) groups is 2. The molecule has 2 aromatic heterocycles. The maximum Gasteiger partial charge on any atom is 0.256 e.